The van der Waals surface area contributed by atoms with Gasteiger partial charge in [-0.25, -0.2) is 9.97 Å². The fourth-order valence-corrected chi connectivity index (χ4v) is 5.19. The van der Waals surface area contributed by atoms with E-state index in [9.17, 15) is 0 Å². The van der Waals surface area contributed by atoms with Gasteiger partial charge in [0.25, 0.3) is 0 Å². The lowest BCUT2D eigenvalue weighted by molar-refractivity contribution is 0.304. The quantitative estimate of drug-likeness (QED) is 0.334. The molecule has 1 fully saturated rings. The molecule has 0 amide bonds. The van der Waals surface area contributed by atoms with Crippen LogP contribution in [0.1, 0.15) is 16.7 Å². The van der Waals surface area contributed by atoms with Crippen LogP contribution in [0.3, 0.4) is 0 Å². The van der Waals surface area contributed by atoms with Gasteiger partial charge in [0.05, 0.1) is 6.54 Å². The van der Waals surface area contributed by atoms with Crippen molar-refractivity contribution in [2.45, 2.75) is 20.4 Å². The van der Waals surface area contributed by atoms with E-state index in [1.807, 2.05) is 31.3 Å². The molecule has 6 rings (SSSR count). The number of hydrogen-bond acceptors (Lipinski definition) is 9. The lowest BCUT2D eigenvalue weighted by atomic mass is 10.1. The van der Waals surface area contributed by atoms with E-state index < -0.39 is 0 Å². The van der Waals surface area contributed by atoms with Gasteiger partial charge in [-0.2, -0.15) is 4.98 Å². The van der Waals surface area contributed by atoms with Gasteiger partial charge in [-0.1, -0.05) is 30.3 Å². The van der Waals surface area contributed by atoms with Gasteiger partial charge in [-0.05, 0) is 62.4 Å². The molecule has 4 aromatic rings. The summed E-state index contributed by atoms with van der Waals surface area (Å²) in [5, 5.41) is 6.79. The minimum Gasteiger partial charge on any atom is -0.488 e. The standard InChI is InChI=1S/C31H36N8O/c1-22-19-25(9-10-26(22)38-15-13-37(3)14-16-38)33-31-32-20-23(2)29(36-31)34-28-12-11-27-30(35-28)39(17-18-40-27)21-24-7-5-4-6-8-24/h4-12,19-20H,13-18,21H2,1-3H3,(H2,32,33,34,35,36). The second kappa shape index (κ2) is 11.4. The molecule has 206 valence electrons. The molecule has 2 aliphatic heterocycles. The Morgan fingerprint density at radius 3 is 2.48 bits per heavy atom. The molecule has 0 radical (unpaired) electrons. The van der Waals surface area contributed by atoms with E-state index in [1.54, 1.807) is 0 Å². The monoisotopic (exact) mass is 536 g/mol. The average Bonchev–Trinajstić information content (AvgIpc) is 2.96. The first kappa shape index (κ1) is 25.9. The first-order valence-electron chi connectivity index (χ1n) is 13.9. The Labute approximate surface area is 235 Å². The van der Waals surface area contributed by atoms with Crippen molar-refractivity contribution >= 4 is 34.8 Å². The van der Waals surface area contributed by atoms with E-state index >= 15 is 0 Å². The summed E-state index contributed by atoms with van der Waals surface area (Å²) in [4.78, 5) is 21.3. The lowest BCUT2D eigenvalue weighted by Gasteiger charge is -2.35. The first-order valence-corrected chi connectivity index (χ1v) is 13.9. The lowest BCUT2D eigenvalue weighted by Crippen LogP contribution is -2.44. The molecule has 2 N–H and O–H groups in total. The molecular formula is C31H36N8O. The molecule has 0 bridgehead atoms. The topological polar surface area (TPSA) is 81.7 Å². The average molecular weight is 537 g/mol. The summed E-state index contributed by atoms with van der Waals surface area (Å²) in [7, 11) is 2.18. The normalized spacial score (nSPS) is 15.4. The van der Waals surface area contributed by atoms with Gasteiger partial charge in [0, 0.05) is 55.9 Å². The summed E-state index contributed by atoms with van der Waals surface area (Å²) in [6, 6.07) is 20.8. The molecule has 4 heterocycles. The number of benzene rings is 2. The summed E-state index contributed by atoms with van der Waals surface area (Å²) in [5.41, 5.74) is 5.66. The summed E-state index contributed by atoms with van der Waals surface area (Å²) in [5.74, 6) is 3.59. The fraction of sp³-hybridized carbons (Fsp3) is 0.323. The van der Waals surface area contributed by atoms with Gasteiger partial charge in [-0.3, -0.25) is 0 Å². The molecule has 0 spiro atoms. The third kappa shape index (κ3) is 5.79. The van der Waals surface area contributed by atoms with Crippen molar-refractivity contribution in [1.29, 1.82) is 0 Å². The highest BCUT2D eigenvalue weighted by molar-refractivity contribution is 5.66. The van der Waals surface area contributed by atoms with Crippen LogP contribution < -0.4 is 25.2 Å². The largest absolute Gasteiger partial charge is 0.488 e. The van der Waals surface area contributed by atoms with Crippen molar-refractivity contribution in [3.63, 3.8) is 0 Å². The molecule has 40 heavy (non-hydrogen) atoms. The van der Waals surface area contributed by atoms with Gasteiger partial charge < -0.3 is 30.1 Å². The number of fused-ring (bicyclic) bond motifs is 1. The summed E-state index contributed by atoms with van der Waals surface area (Å²) >= 11 is 0. The molecule has 2 aromatic carbocycles. The van der Waals surface area contributed by atoms with Gasteiger partial charge in [0.15, 0.2) is 11.6 Å². The van der Waals surface area contributed by atoms with Crippen molar-refractivity contribution < 1.29 is 4.74 Å². The highest BCUT2D eigenvalue weighted by atomic mass is 16.5. The van der Waals surface area contributed by atoms with Gasteiger partial charge in [0.2, 0.25) is 5.95 Å². The number of hydrogen-bond donors (Lipinski definition) is 2. The Morgan fingerprint density at radius 1 is 0.850 bits per heavy atom. The second-order valence-corrected chi connectivity index (χ2v) is 10.5. The van der Waals surface area contributed by atoms with E-state index in [0.29, 0.717) is 24.2 Å². The number of anilines is 6. The van der Waals surface area contributed by atoms with Crippen LogP contribution in [0.25, 0.3) is 0 Å². The van der Waals surface area contributed by atoms with Crippen LogP contribution in [0.2, 0.25) is 0 Å². The number of aromatic nitrogens is 3. The zero-order valence-electron chi connectivity index (χ0n) is 23.4. The van der Waals surface area contributed by atoms with Crippen LogP contribution >= 0.6 is 0 Å². The minimum absolute atomic E-state index is 0.534. The number of piperazine rings is 1. The van der Waals surface area contributed by atoms with Crippen molar-refractivity contribution in [2.24, 2.45) is 0 Å². The molecule has 0 unspecified atom stereocenters. The molecule has 9 nitrogen and oxygen atoms in total. The van der Waals surface area contributed by atoms with Crippen LogP contribution in [0.15, 0.2) is 66.9 Å². The van der Waals surface area contributed by atoms with Crippen LogP contribution in [0.4, 0.5) is 34.8 Å². The Kier molecular flexibility index (Phi) is 7.37. The maximum absolute atomic E-state index is 5.89. The van der Waals surface area contributed by atoms with Crippen molar-refractivity contribution in [3.8, 4) is 5.75 Å². The van der Waals surface area contributed by atoms with Gasteiger partial charge >= 0.3 is 0 Å². The number of likely N-dealkylation sites (N-methyl/N-ethyl adjacent to an activating group) is 1. The summed E-state index contributed by atoms with van der Waals surface area (Å²) in [6.07, 6.45) is 1.83. The predicted octanol–water partition coefficient (Wildman–Crippen LogP) is 5.13. The second-order valence-electron chi connectivity index (χ2n) is 10.5. The summed E-state index contributed by atoms with van der Waals surface area (Å²) in [6.45, 7) is 10.6. The Hall–Kier alpha value is -4.37. The van der Waals surface area contributed by atoms with Crippen molar-refractivity contribution in [2.75, 3.05) is 66.8 Å². The number of aryl methyl sites for hydroxylation is 2. The maximum atomic E-state index is 5.89. The molecular weight excluding hydrogens is 500 g/mol. The van der Waals surface area contributed by atoms with E-state index in [-0.39, 0.29) is 0 Å². The fourth-order valence-electron chi connectivity index (χ4n) is 5.19. The van der Waals surface area contributed by atoms with E-state index in [4.69, 9.17) is 14.7 Å². The van der Waals surface area contributed by atoms with Gasteiger partial charge in [-0.15, -0.1) is 0 Å². The van der Waals surface area contributed by atoms with Crippen molar-refractivity contribution in [1.82, 2.24) is 19.9 Å². The molecule has 0 atom stereocenters. The zero-order valence-corrected chi connectivity index (χ0v) is 23.4. The predicted molar refractivity (Wildman–Crippen MR) is 161 cm³/mol. The van der Waals surface area contributed by atoms with Crippen LogP contribution in [0.5, 0.6) is 5.75 Å². The smallest absolute Gasteiger partial charge is 0.229 e. The third-order valence-corrected chi connectivity index (χ3v) is 7.49. The van der Waals surface area contributed by atoms with Crippen LogP contribution in [-0.2, 0) is 6.54 Å². The Bertz CT molecular complexity index is 1470. The van der Waals surface area contributed by atoms with Crippen LogP contribution in [-0.4, -0.2) is 66.2 Å². The molecule has 0 aliphatic carbocycles. The Morgan fingerprint density at radius 2 is 1.68 bits per heavy atom. The van der Waals surface area contributed by atoms with E-state index in [2.05, 4.69) is 86.8 Å². The Balaban J connectivity index is 1.17. The van der Waals surface area contributed by atoms with Crippen molar-refractivity contribution in [3.05, 3.63) is 83.6 Å². The van der Waals surface area contributed by atoms with Gasteiger partial charge in [0.1, 0.15) is 18.2 Å². The molecule has 0 saturated carbocycles. The van der Waals surface area contributed by atoms with E-state index in [0.717, 1.165) is 62.1 Å². The maximum Gasteiger partial charge on any atom is 0.229 e. The number of ether oxygens (including phenoxy) is 1. The zero-order chi connectivity index (χ0) is 27.5. The van der Waals surface area contributed by atoms with E-state index in [1.165, 1.54) is 16.8 Å². The number of rotatable bonds is 7. The molecule has 2 aromatic heterocycles. The number of pyridine rings is 1. The number of nitrogens with zero attached hydrogens (tertiary/aromatic N) is 6. The molecule has 2 aliphatic rings. The molecule has 9 heteroatoms. The minimum atomic E-state index is 0.534. The van der Waals surface area contributed by atoms with Crippen LogP contribution in [0, 0.1) is 13.8 Å². The summed E-state index contributed by atoms with van der Waals surface area (Å²) < 4.78 is 5.89. The molecule has 1 saturated heterocycles. The third-order valence-electron chi connectivity index (χ3n) is 7.49. The highest BCUT2D eigenvalue weighted by Crippen LogP contribution is 2.33. The SMILES string of the molecule is Cc1cc(Nc2ncc(C)c(Nc3ccc4c(n3)N(Cc3ccccc3)CCO4)n2)ccc1N1CCN(C)CC1. The highest BCUT2D eigenvalue weighted by Gasteiger charge is 2.21. The first-order chi connectivity index (χ1) is 19.5. The number of nitrogens with one attached hydrogen (secondary N) is 2.